The molecule has 0 saturated carbocycles. The van der Waals surface area contributed by atoms with E-state index in [0.717, 1.165) is 13.0 Å². The highest BCUT2D eigenvalue weighted by atomic mass is 16.5. The number of hydrogen-bond acceptors (Lipinski definition) is 1. The van der Waals surface area contributed by atoms with Crippen LogP contribution in [-0.2, 0) is 4.74 Å². The van der Waals surface area contributed by atoms with E-state index in [0.29, 0.717) is 5.92 Å². The molecular weight excluding hydrogens is 112 g/mol. The number of hydrogen-bond donors (Lipinski definition) is 0. The molecule has 0 rings (SSSR count). The Labute approximate surface area is 57.7 Å². The standard InChI is InChI=1S/C8H15O/c1-4-5-6-8(2)7-9-3/h4,6,8H,1,5,7H2,2-3H3. The van der Waals surface area contributed by atoms with E-state index in [1.807, 2.05) is 6.08 Å². The quantitative estimate of drug-likeness (QED) is 0.513. The Balaban J connectivity index is 3.04. The maximum atomic E-state index is 4.94. The monoisotopic (exact) mass is 127 g/mol. The van der Waals surface area contributed by atoms with E-state index in [9.17, 15) is 0 Å². The predicted molar refractivity (Wildman–Crippen MR) is 40.2 cm³/mol. The van der Waals surface area contributed by atoms with Gasteiger partial charge in [0.1, 0.15) is 0 Å². The molecule has 1 unspecified atom stereocenters. The first-order chi connectivity index (χ1) is 4.31. The maximum Gasteiger partial charge on any atom is 0.0490 e. The average molecular weight is 127 g/mol. The van der Waals surface area contributed by atoms with Crippen LogP contribution in [0.25, 0.3) is 0 Å². The molecule has 0 saturated heterocycles. The lowest BCUT2D eigenvalue weighted by molar-refractivity contribution is 0.170. The van der Waals surface area contributed by atoms with Crippen molar-refractivity contribution in [1.29, 1.82) is 0 Å². The molecule has 0 N–H and O–H groups in total. The molecule has 0 amide bonds. The first-order valence-corrected chi connectivity index (χ1v) is 3.24. The Hall–Kier alpha value is -0.300. The fourth-order valence-corrected chi connectivity index (χ4v) is 0.659. The summed E-state index contributed by atoms with van der Waals surface area (Å²) in [4.78, 5) is 0. The molecule has 0 aromatic carbocycles. The van der Waals surface area contributed by atoms with Crippen molar-refractivity contribution in [3.63, 3.8) is 0 Å². The molecule has 0 bridgehead atoms. The summed E-state index contributed by atoms with van der Waals surface area (Å²) in [5.74, 6) is 0.549. The van der Waals surface area contributed by atoms with E-state index in [2.05, 4.69) is 19.9 Å². The van der Waals surface area contributed by atoms with Crippen LogP contribution >= 0.6 is 0 Å². The smallest absolute Gasteiger partial charge is 0.0490 e. The molecule has 1 nitrogen and oxygen atoms in total. The van der Waals surface area contributed by atoms with Crippen LogP contribution in [0.1, 0.15) is 13.3 Å². The number of methoxy groups -OCH3 is 1. The van der Waals surface area contributed by atoms with Gasteiger partial charge in [-0.05, 0) is 18.8 Å². The fourth-order valence-electron chi connectivity index (χ4n) is 0.659. The molecular formula is C8H15O. The van der Waals surface area contributed by atoms with Crippen molar-refractivity contribution in [3.8, 4) is 0 Å². The average Bonchev–Trinajstić information content (AvgIpc) is 1.85. The zero-order valence-corrected chi connectivity index (χ0v) is 6.26. The largest absolute Gasteiger partial charge is 0.384 e. The SMILES string of the molecule is C=CC[CH]C(C)COC. The summed E-state index contributed by atoms with van der Waals surface area (Å²) in [6.45, 7) is 6.57. The Kier molecular flexibility index (Phi) is 5.64. The van der Waals surface area contributed by atoms with E-state index in [4.69, 9.17) is 4.74 Å². The third-order valence-electron chi connectivity index (χ3n) is 1.13. The minimum absolute atomic E-state index is 0.549. The second kappa shape index (κ2) is 5.83. The van der Waals surface area contributed by atoms with E-state index in [1.54, 1.807) is 7.11 Å². The first kappa shape index (κ1) is 8.70. The fraction of sp³-hybridized carbons (Fsp3) is 0.625. The van der Waals surface area contributed by atoms with Gasteiger partial charge in [0.05, 0.1) is 0 Å². The normalized spacial score (nSPS) is 13.1. The van der Waals surface area contributed by atoms with Crippen molar-refractivity contribution < 1.29 is 4.74 Å². The Morgan fingerprint density at radius 1 is 1.67 bits per heavy atom. The summed E-state index contributed by atoms with van der Waals surface area (Å²) < 4.78 is 4.94. The number of rotatable bonds is 5. The highest BCUT2D eigenvalue weighted by Crippen LogP contribution is 2.03. The predicted octanol–water partition coefficient (Wildman–Crippen LogP) is 2.05. The second-order valence-electron chi connectivity index (χ2n) is 2.19. The van der Waals surface area contributed by atoms with Crippen molar-refractivity contribution in [1.82, 2.24) is 0 Å². The van der Waals surface area contributed by atoms with Gasteiger partial charge in [0.25, 0.3) is 0 Å². The molecule has 0 aromatic rings. The van der Waals surface area contributed by atoms with Gasteiger partial charge >= 0.3 is 0 Å². The van der Waals surface area contributed by atoms with Gasteiger partial charge in [-0.1, -0.05) is 13.0 Å². The van der Waals surface area contributed by atoms with Gasteiger partial charge in [0.2, 0.25) is 0 Å². The minimum atomic E-state index is 0.549. The van der Waals surface area contributed by atoms with Crippen molar-refractivity contribution in [3.05, 3.63) is 19.1 Å². The Bertz CT molecular complexity index is 69.0. The minimum Gasteiger partial charge on any atom is -0.384 e. The molecule has 0 aliphatic carbocycles. The zero-order valence-electron chi connectivity index (χ0n) is 6.26. The lowest BCUT2D eigenvalue weighted by Gasteiger charge is -2.06. The van der Waals surface area contributed by atoms with Crippen LogP contribution in [-0.4, -0.2) is 13.7 Å². The van der Waals surface area contributed by atoms with Gasteiger partial charge in [-0.3, -0.25) is 0 Å². The molecule has 0 heterocycles. The highest BCUT2D eigenvalue weighted by Gasteiger charge is 1.97. The van der Waals surface area contributed by atoms with Crippen molar-refractivity contribution >= 4 is 0 Å². The molecule has 53 valence electrons. The summed E-state index contributed by atoms with van der Waals surface area (Å²) >= 11 is 0. The second-order valence-corrected chi connectivity index (χ2v) is 2.19. The molecule has 1 heteroatoms. The maximum absolute atomic E-state index is 4.94. The summed E-state index contributed by atoms with van der Waals surface area (Å²) in [5, 5.41) is 0. The molecule has 0 spiro atoms. The summed E-state index contributed by atoms with van der Waals surface area (Å²) in [7, 11) is 1.72. The van der Waals surface area contributed by atoms with Gasteiger partial charge in [-0.2, -0.15) is 0 Å². The van der Waals surface area contributed by atoms with Crippen LogP contribution in [0.4, 0.5) is 0 Å². The van der Waals surface area contributed by atoms with Crippen LogP contribution in [0.3, 0.4) is 0 Å². The van der Waals surface area contributed by atoms with E-state index in [-0.39, 0.29) is 0 Å². The molecule has 9 heavy (non-hydrogen) atoms. The van der Waals surface area contributed by atoms with Crippen molar-refractivity contribution in [2.75, 3.05) is 13.7 Å². The zero-order chi connectivity index (χ0) is 7.11. The van der Waals surface area contributed by atoms with Gasteiger partial charge in [0.15, 0.2) is 0 Å². The van der Waals surface area contributed by atoms with E-state index >= 15 is 0 Å². The summed E-state index contributed by atoms with van der Waals surface area (Å²) in [6, 6.07) is 0. The Morgan fingerprint density at radius 3 is 2.78 bits per heavy atom. The van der Waals surface area contributed by atoms with Crippen molar-refractivity contribution in [2.45, 2.75) is 13.3 Å². The van der Waals surface area contributed by atoms with Gasteiger partial charge in [-0.25, -0.2) is 0 Å². The Morgan fingerprint density at radius 2 is 2.33 bits per heavy atom. The molecule has 0 aliphatic heterocycles. The van der Waals surface area contributed by atoms with Crippen molar-refractivity contribution in [2.24, 2.45) is 5.92 Å². The molecule has 1 radical (unpaired) electrons. The topological polar surface area (TPSA) is 9.23 Å². The van der Waals surface area contributed by atoms with Crippen LogP contribution in [0.15, 0.2) is 12.7 Å². The van der Waals surface area contributed by atoms with Gasteiger partial charge < -0.3 is 4.74 Å². The van der Waals surface area contributed by atoms with Crippen LogP contribution in [0.2, 0.25) is 0 Å². The summed E-state index contributed by atoms with van der Waals surface area (Å²) in [6.07, 6.45) is 5.06. The lowest BCUT2D eigenvalue weighted by atomic mass is 10.1. The van der Waals surface area contributed by atoms with Crippen LogP contribution in [0.5, 0.6) is 0 Å². The third-order valence-corrected chi connectivity index (χ3v) is 1.13. The van der Waals surface area contributed by atoms with E-state index < -0.39 is 0 Å². The molecule has 1 atom stereocenters. The highest BCUT2D eigenvalue weighted by molar-refractivity contribution is 4.81. The van der Waals surface area contributed by atoms with Gasteiger partial charge in [0, 0.05) is 13.7 Å². The van der Waals surface area contributed by atoms with Gasteiger partial charge in [-0.15, -0.1) is 6.58 Å². The van der Waals surface area contributed by atoms with Crippen LogP contribution in [0, 0.1) is 12.3 Å². The molecule has 0 aliphatic rings. The molecule has 0 fully saturated rings. The van der Waals surface area contributed by atoms with Crippen LogP contribution < -0.4 is 0 Å². The number of allylic oxidation sites excluding steroid dienone is 1. The first-order valence-electron chi connectivity index (χ1n) is 3.24. The van der Waals surface area contributed by atoms with E-state index in [1.165, 1.54) is 0 Å². The summed E-state index contributed by atoms with van der Waals surface area (Å²) in [5.41, 5.74) is 0. The lowest BCUT2D eigenvalue weighted by Crippen LogP contribution is -2.02. The third kappa shape index (κ3) is 5.57. The molecule has 0 aromatic heterocycles. The number of ether oxygens (including phenoxy) is 1.